The zero-order chi connectivity index (χ0) is 15.6. The van der Waals surface area contributed by atoms with Crippen molar-refractivity contribution in [1.82, 2.24) is 15.0 Å². The van der Waals surface area contributed by atoms with Crippen molar-refractivity contribution >= 4 is 27.8 Å². The van der Waals surface area contributed by atoms with Crippen molar-refractivity contribution in [2.24, 2.45) is 0 Å². The Hall–Kier alpha value is -2.33. The van der Waals surface area contributed by atoms with Crippen LogP contribution in [0.5, 0.6) is 0 Å². The second kappa shape index (κ2) is 5.58. The van der Waals surface area contributed by atoms with Gasteiger partial charge in [0, 0.05) is 12.6 Å². The van der Waals surface area contributed by atoms with Crippen LogP contribution in [0.25, 0.3) is 0 Å². The lowest BCUT2D eigenvalue weighted by atomic mass is 10.1. The molecule has 0 saturated carbocycles. The van der Waals surface area contributed by atoms with Crippen molar-refractivity contribution in [2.75, 3.05) is 0 Å². The van der Waals surface area contributed by atoms with Crippen LogP contribution in [0, 0.1) is 0 Å². The molecular weight excluding hydrogens is 302 g/mol. The number of imide groups is 1. The summed E-state index contributed by atoms with van der Waals surface area (Å²) in [4.78, 5) is 36.7. The van der Waals surface area contributed by atoms with Crippen molar-refractivity contribution in [3.8, 4) is 0 Å². The molecule has 9 nitrogen and oxygen atoms in total. The van der Waals surface area contributed by atoms with Crippen LogP contribution in [0.4, 0.5) is 0 Å². The second-order valence-corrected chi connectivity index (χ2v) is 5.98. The van der Waals surface area contributed by atoms with Gasteiger partial charge in [-0.3, -0.25) is 14.9 Å². The van der Waals surface area contributed by atoms with Gasteiger partial charge in [-0.1, -0.05) is 0 Å². The molecule has 2 amide bonds. The number of hydrogen-bond acceptors (Lipinski definition) is 6. The van der Waals surface area contributed by atoms with Gasteiger partial charge in [-0.25, -0.2) is 18.2 Å². The van der Waals surface area contributed by atoms with E-state index in [1.165, 1.54) is 0 Å². The SMILES string of the molecule is O=C1CCC(NS(=O)(=O)c2ccc(C(=O)O)cn2)C(=O)N1. The molecule has 1 aromatic rings. The van der Waals surface area contributed by atoms with E-state index in [0.29, 0.717) is 0 Å². The Morgan fingerprint density at radius 2 is 2.10 bits per heavy atom. The average Bonchev–Trinajstić information content (AvgIpc) is 2.42. The molecule has 10 heteroatoms. The van der Waals surface area contributed by atoms with Crippen LogP contribution in [0.15, 0.2) is 23.4 Å². The van der Waals surface area contributed by atoms with Gasteiger partial charge in [0.1, 0.15) is 6.04 Å². The first-order valence-electron chi connectivity index (χ1n) is 5.85. The first-order chi connectivity index (χ1) is 9.79. The first kappa shape index (κ1) is 15.1. The molecule has 0 radical (unpaired) electrons. The van der Waals surface area contributed by atoms with Gasteiger partial charge in [-0.2, -0.15) is 4.72 Å². The number of carbonyl (C=O) groups excluding carboxylic acids is 2. The maximum absolute atomic E-state index is 12.0. The van der Waals surface area contributed by atoms with E-state index in [0.717, 1.165) is 18.3 Å². The van der Waals surface area contributed by atoms with Crippen LogP contribution in [0.1, 0.15) is 23.2 Å². The highest BCUT2D eigenvalue weighted by molar-refractivity contribution is 7.89. The predicted octanol–water partition coefficient (Wildman–Crippen LogP) is -1.14. The van der Waals surface area contributed by atoms with E-state index < -0.39 is 38.9 Å². The van der Waals surface area contributed by atoms with Crippen molar-refractivity contribution < 1.29 is 27.9 Å². The highest BCUT2D eigenvalue weighted by Crippen LogP contribution is 2.11. The molecule has 3 N–H and O–H groups in total. The average molecular weight is 313 g/mol. The van der Waals surface area contributed by atoms with Crippen molar-refractivity contribution in [3.63, 3.8) is 0 Å². The summed E-state index contributed by atoms with van der Waals surface area (Å²) in [5.41, 5.74) is -0.157. The van der Waals surface area contributed by atoms with E-state index in [9.17, 15) is 22.8 Å². The first-order valence-corrected chi connectivity index (χ1v) is 7.33. The maximum Gasteiger partial charge on any atom is 0.337 e. The predicted molar refractivity (Wildman–Crippen MR) is 67.7 cm³/mol. The molecule has 1 atom stereocenters. The number of carbonyl (C=O) groups is 3. The van der Waals surface area contributed by atoms with E-state index in [2.05, 4.69) is 9.71 Å². The fourth-order valence-electron chi connectivity index (χ4n) is 1.72. The molecule has 0 spiro atoms. The van der Waals surface area contributed by atoms with Crippen LogP contribution >= 0.6 is 0 Å². The normalized spacial score (nSPS) is 19.1. The lowest BCUT2D eigenvalue weighted by molar-refractivity contribution is -0.134. The summed E-state index contributed by atoms with van der Waals surface area (Å²) in [6, 6.07) is 1.06. The van der Waals surface area contributed by atoms with Crippen LogP contribution in [0.3, 0.4) is 0 Å². The minimum absolute atomic E-state index is 0.0321. The third kappa shape index (κ3) is 3.41. The molecule has 112 valence electrons. The Kier molecular flexibility index (Phi) is 4.00. The van der Waals surface area contributed by atoms with E-state index >= 15 is 0 Å². The Morgan fingerprint density at radius 3 is 2.62 bits per heavy atom. The van der Waals surface area contributed by atoms with Gasteiger partial charge in [0.2, 0.25) is 11.8 Å². The summed E-state index contributed by atoms with van der Waals surface area (Å²) in [5, 5.41) is 10.3. The topological polar surface area (TPSA) is 143 Å². The van der Waals surface area contributed by atoms with Gasteiger partial charge in [-0.15, -0.1) is 0 Å². The number of sulfonamides is 1. The zero-order valence-electron chi connectivity index (χ0n) is 10.6. The quantitative estimate of drug-likeness (QED) is 0.596. The number of piperidine rings is 1. The second-order valence-electron chi connectivity index (χ2n) is 4.32. The molecule has 1 aliphatic rings. The minimum Gasteiger partial charge on any atom is -0.478 e. The Balaban J connectivity index is 2.16. The molecule has 1 aliphatic heterocycles. The van der Waals surface area contributed by atoms with Gasteiger partial charge in [0.05, 0.1) is 5.56 Å². The summed E-state index contributed by atoms with van der Waals surface area (Å²) in [6.45, 7) is 0. The fraction of sp³-hybridized carbons (Fsp3) is 0.273. The molecule has 1 fully saturated rings. The summed E-state index contributed by atoms with van der Waals surface area (Å²) < 4.78 is 26.2. The Morgan fingerprint density at radius 1 is 1.38 bits per heavy atom. The van der Waals surface area contributed by atoms with Gasteiger partial charge < -0.3 is 5.11 Å². The molecule has 1 unspecified atom stereocenters. The zero-order valence-corrected chi connectivity index (χ0v) is 11.4. The number of rotatable bonds is 4. The number of hydrogen-bond donors (Lipinski definition) is 3. The van der Waals surface area contributed by atoms with Gasteiger partial charge in [0.25, 0.3) is 10.0 Å². The monoisotopic (exact) mass is 313 g/mol. The highest BCUT2D eigenvalue weighted by Gasteiger charge is 2.31. The molecular formula is C11H11N3O6S. The third-order valence-corrected chi connectivity index (χ3v) is 4.18. The number of pyridine rings is 1. The molecule has 21 heavy (non-hydrogen) atoms. The molecule has 1 aromatic heterocycles. The van der Waals surface area contributed by atoms with Crippen LogP contribution in [-0.4, -0.2) is 42.3 Å². The summed E-state index contributed by atoms with van der Waals surface area (Å²) in [7, 11) is -4.08. The fourth-order valence-corrected chi connectivity index (χ4v) is 2.88. The highest BCUT2D eigenvalue weighted by atomic mass is 32.2. The molecule has 2 rings (SSSR count). The van der Waals surface area contributed by atoms with Gasteiger partial charge in [-0.05, 0) is 18.6 Å². The largest absolute Gasteiger partial charge is 0.478 e. The lowest BCUT2D eigenvalue weighted by Crippen LogP contribution is -2.52. The number of nitrogens with one attached hydrogen (secondary N) is 2. The van der Waals surface area contributed by atoms with Crippen LogP contribution in [0.2, 0.25) is 0 Å². The molecule has 1 saturated heterocycles. The van der Waals surface area contributed by atoms with E-state index in [-0.39, 0.29) is 18.4 Å². The minimum atomic E-state index is -4.08. The van der Waals surface area contributed by atoms with Crippen LogP contribution in [-0.2, 0) is 19.6 Å². The van der Waals surface area contributed by atoms with Crippen molar-refractivity contribution in [2.45, 2.75) is 23.9 Å². The number of carboxylic acid groups (broad SMARTS) is 1. The van der Waals surface area contributed by atoms with Gasteiger partial charge >= 0.3 is 5.97 Å². The molecule has 0 aromatic carbocycles. The summed E-state index contributed by atoms with van der Waals surface area (Å²) in [5.74, 6) is -2.42. The summed E-state index contributed by atoms with van der Waals surface area (Å²) in [6.07, 6.45) is 0.989. The standard InChI is InChI=1S/C11H11N3O6S/c15-8-3-2-7(10(16)13-8)14-21(19,20)9-4-1-6(5-12-9)11(17)18/h1,4-5,7,14H,2-3H2,(H,17,18)(H,13,15,16). The smallest absolute Gasteiger partial charge is 0.337 e. The maximum atomic E-state index is 12.0. The Bertz CT molecular complexity index is 697. The van der Waals surface area contributed by atoms with E-state index in [1.807, 2.05) is 5.32 Å². The Labute approximate surface area is 119 Å². The summed E-state index contributed by atoms with van der Waals surface area (Å²) >= 11 is 0. The molecule has 0 aliphatic carbocycles. The lowest BCUT2D eigenvalue weighted by Gasteiger charge is -2.21. The third-order valence-electron chi connectivity index (χ3n) is 2.80. The molecule has 2 heterocycles. The van der Waals surface area contributed by atoms with Crippen molar-refractivity contribution in [3.05, 3.63) is 23.9 Å². The number of nitrogens with zero attached hydrogens (tertiary/aromatic N) is 1. The van der Waals surface area contributed by atoms with Crippen LogP contribution < -0.4 is 10.0 Å². The van der Waals surface area contributed by atoms with Crippen molar-refractivity contribution in [1.29, 1.82) is 0 Å². The number of amides is 2. The van der Waals surface area contributed by atoms with Gasteiger partial charge in [0.15, 0.2) is 5.03 Å². The number of aromatic carboxylic acids is 1. The molecule has 0 bridgehead atoms. The van der Waals surface area contributed by atoms with E-state index in [1.54, 1.807) is 0 Å². The van der Waals surface area contributed by atoms with E-state index in [4.69, 9.17) is 5.11 Å². The number of aromatic nitrogens is 1. The number of carboxylic acids is 1.